The molecule has 4 nitrogen and oxygen atoms in total. The van der Waals surface area contributed by atoms with Gasteiger partial charge in [0.2, 0.25) is 10.0 Å². The maximum absolute atomic E-state index is 13.1. The third kappa shape index (κ3) is 3.15. The fourth-order valence-electron chi connectivity index (χ4n) is 1.80. The summed E-state index contributed by atoms with van der Waals surface area (Å²) in [5, 5.41) is 0. The highest BCUT2D eigenvalue weighted by Gasteiger charge is 2.20. The zero-order valence-electron chi connectivity index (χ0n) is 11.0. The minimum atomic E-state index is -3.61. The van der Waals surface area contributed by atoms with Crippen LogP contribution in [0.1, 0.15) is 5.56 Å². The summed E-state index contributed by atoms with van der Waals surface area (Å²) in [4.78, 5) is 0.158. The van der Waals surface area contributed by atoms with Crippen molar-refractivity contribution in [2.75, 3.05) is 12.8 Å². The Kier molecular flexibility index (Phi) is 4.06. The molecule has 6 heteroatoms. The van der Waals surface area contributed by atoms with Gasteiger partial charge in [-0.2, -0.15) is 4.31 Å². The summed E-state index contributed by atoms with van der Waals surface area (Å²) in [5.41, 5.74) is 6.62. The number of nitrogen functional groups attached to an aromatic ring is 1. The monoisotopic (exact) mass is 294 g/mol. The summed E-state index contributed by atoms with van der Waals surface area (Å²) in [6, 6.07) is 11.8. The summed E-state index contributed by atoms with van der Waals surface area (Å²) in [6.07, 6.45) is 0. The van der Waals surface area contributed by atoms with Gasteiger partial charge in [0.1, 0.15) is 5.82 Å². The Morgan fingerprint density at radius 2 is 1.80 bits per heavy atom. The smallest absolute Gasteiger partial charge is 0.243 e. The highest BCUT2D eigenvalue weighted by Crippen LogP contribution is 2.18. The highest BCUT2D eigenvalue weighted by molar-refractivity contribution is 7.89. The van der Waals surface area contributed by atoms with Crippen LogP contribution < -0.4 is 5.73 Å². The van der Waals surface area contributed by atoms with E-state index in [9.17, 15) is 12.8 Å². The maximum Gasteiger partial charge on any atom is 0.243 e. The first kappa shape index (κ1) is 14.5. The van der Waals surface area contributed by atoms with Gasteiger partial charge in [-0.25, -0.2) is 12.8 Å². The average Bonchev–Trinajstić information content (AvgIpc) is 2.39. The number of sulfonamides is 1. The van der Waals surface area contributed by atoms with Gasteiger partial charge in [0, 0.05) is 19.3 Å². The van der Waals surface area contributed by atoms with Crippen LogP contribution >= 0.6 is 0 Å². The van der Waals surface area contributed by atoms with Crippen molar-refractivity contribution in [2.24, 2.45) is 0 Å². The van der Waals surface area contributed by atoms with E-state index in [-0.39, 0.29) is 17.3 Å². The Labute approximate surface area is 117 Å². The Bertz CT molecular complexity index is 699. The zero-order valence-corrected chi connectivity index (χ0v) is 11.8. The molecule has 2 aromatic carbocycles. The third-order valence-corrected chi connectivity index (χ3v) is 4.70. The summed E-state index contributed by atoms with van der Waals surface area (Å²) in [7, 11) is -2.16. The van der Waals surface area contributed by atoms with Crippen LogP contribution in [0.2, 0.25) is 0 Å². The summed E-state index contributed by atoms with van der Waals surface area (Å²) in [6.45, 7) is 0.102. The van der Waals surface area contributed by atoms with Crippen molar-refractivity contribution in [3.05, 3.63) is 59.9 Å². The van der Waals surface area contributed by atoms with Gasteiger partial charge in [0.15, 0.2) is 0 Å². The molecule has 2 rings (SSSR count). The molecule has 0 fully saturated rings. The van der Waals surface area contributed by atoms with Gasteiger partial charge >= 0.3 is 0 Å². The predicted molar refractivity (Wildman–Crippen MR) is 75.9 cm³/mol. The van der Waals surface area contributed by atoms with Crippen LogP contribution in [0.25, 0.3) is 0 Å². The van der Waals surface area contributed by atoms with E-state index in [1.807, 2.05) is 0 Å². The van der Waals surface area contributed by atoms with Crippen LogP contribution in [0.4, 0.5) is 10.1 Å². The van der Waals surface area contributed by atoms with Crippen molar-refractivity contribution in [1.29, 1.82) is 0 Å². The van der Waals surface area contributed by atoms with E-state index in [1.54, 1.807) is 12.1 Å². The van der Waals surface area contributed by atoms with E-state index in [0.717, 1.165) is 0 Å². The molecule has 0 bridgehead atoms. The Hall–Kier alpha value is -1.92. The minimum Gasteiger partial charge on any atom is -0.399 e. The molecular formula is C14H15FN2O2S. The van der Waals surface area contributed by atoms with Gasteiger partial charge in [-0.15, -0.1) is 0 Å². The molecule has 20 heavy (non-hydrogen) atoms. The molecule has 0 saturated carbocycles. The number of hydrogen-bond donors (Lipinski definition) is 1. The van der Waals surface area contributed by atoms with Gasteiger partial charge < -0.3 is 5.73 Å². The molecule has 106 valence electrons. The van der Waals surface area contributed by atoms with E-state index < -0.39 is 10.0 Å². The third-order valence-electron chi connectivity index (χ3n) is 2.88. The van der Waals surface area contributed by atoms with Crippen molar-refractivity contribution < 1.29 is 12.8 Å². The molecule has 0 unspecified atom stereocenters. The first-order valence-corrected chi connectivity index (χ1v) is 7.40. The molecule has 0 aromatic heterocycles. The molecule has 0 aliphatic carbocycles. The number of hydrogen-bond acceptors (Lipinski definition) is 3. The summed E-state index contributed by atoms with van der Waals surface area (Å²) < 4.78 is 38.9. The minimum absolute atomic E-state index is 0.102. The van der Waals surface area contributed by atoms with Crippen molar-refractivity contribution in [1.82, 2.24) is 4.31 Å². The van der Waals surface area contributed by atoms with Gasteiger partial charge in [0.25, 0.3) is 0 Å². The lowest BCUT2D eigenvalue weighted by Gasteiger charge is -2.17. The van der Waals surface area contributed by atoms with Gasteiger partial charge in [-0.05, 0) is 42.0 Å². The van der Waals surface area contributed by atoms with E-state index in [2.05, 4.69) is 0 Å². The molecule has 0 aliphatic rings. The first-order chi connectivity index (χ1) is 9.39. The standard InChI is InChI=1S/C14H15FN2O2S/c1-17(10-11-3-2-4-12(15)9-11)20(18,19)14-7-5-13(16)6-8-14/h2-9H,10,16H2,1H3. The molecule has 2 N–H and O–H groups in total. The number of rotatable bonds is 4. The number of nitrogens with two attached hydrogens (primary N) is 1. The lowest BCUT2D eigenvalue weighted by molar-refractivity contribution is 0.465. The molecular weight excluding hydrogens is 279 g/mol. The van der Waals surface area contributed by atoms with Crippen LogP contribution in [0.3, 0.4) is 0 Å². The molecule has 0 radical (unpaired) electrons. The zero-order chi connectivity index (χ0) is 14.8. The molecule has 0 aliphatic heterocycles. The van der Waals surface area contributed by atoms with Gasteiger partial charge in [-0.3, -0.25) is 0 Å². The van der Waals surface area contributed by atoms with Crippen molar-refractivity contribution >= 4 is 15.7 Å². The first-order valence-electron chi connectivity index (χ1n) is 5.96. The Balaban J connectivity index is 2.23. The molecule has 2 aromatic rings. The van der Waals surface area contributed by atoms with Crippen LogP contribution in [-0.4, -0.2) is 19.8 Å². The Morgan fingerprint density at radius 1 is 1.15 bits per heavy atom. The largest absolute Gasteiger partial charge is 0.399 e. The fourth-order valence-corrected chi connectivity index (χ4v) is 2.96. The van der Waals surface area contributed by atoms with Crippen LogP contribution in [0.15, 0.2) is 53.4 Å². The summed E-state index contributed by atoms with van der Waals surface area (Å²) in [5.74, 6) is -0.388. The van der Waals surface area contributed by atoms with Crippen molar-refractivity contribution in [3.63, 3.8) is 0 Å². The molecule has 0 heterocycles. The van der Waals surface area contributed by atoms with E-state index in [4.69, 9.17) is 5.73 Å². The normalized spacial score (nSPS) is 11.8. The fraction of sp³-hybridized carbons (Fsp3) is 0.143. The second kappa shape index (κ2) is 5.60. The van der Waals surface area contributed by atoms with Crippen molar-refractivity contribution in [2.45, 2.75) is 11.4 Å². The van der Waals surface area contributed by atoms with Crippen molar-refractivity contribution in [3.8, 4) is 0 Å². The predicted octanol–water partition coefficient (Wildman–Crippen LogP) is 2.23. The van der Waals surface area contributed by atoms with Gasteiger partial charge in [0.05, 0.1) is 4.90 Å². The van der Waals surface area contributed by atoms with Crippen LogP contribution in [-0.2, 0) is 16.6 Å². The van der Waals surface area contributed by atoms with Crippen LogP contribution in [0, 0.1) is 5.82 Å². The topological polar surface area (TPSA) is 63.4 Å². The van der Waals surface area contributed by atoms with Crippen LogP contribution in [0.5, 0.6) is 0 Å². The van der Waals surface area contributed by atoms with E-state index >= 15 is 0 Å². The molecule has 0 saturated heterocycles. The SMILES string of the molecule is CN(Cc1cccc(F)c1)S(=O)(=O)c1ccc(N)cc1. The van der Waals surface area contributed by atoms with E-state index in [1.165, 1.54) is 47.8 Å². The number of nitrogens with zero attached hydrogens (tertiary/aromatic N) is 1. The Morgan fingerprint density at radius 3 is 2.40 bits per heavy atom. The molecule has 0 spiro atoms. The lowest BCUT2D eigenvalue weighted by Crippen LogP contribution is -2.26. The molecule has 0 atom stereocenters. The van der Waals surface area contributed by atoms with Gasteiger partial charge in [-0.1, -0.05) is 12.1 Å². The average molecular weight is 294 g/mol. The highest BCUT2D eigenvalue weighted by atomic mass is 32.2. The second-order valence-electron chi connectivity index (χ2n) is 4.46. The second-order valence-corrected chi connectivity index (χ2v) is 6.50. The maximum atomic E-state index is 13.1. The number of benzene rings is 2. The summed E-state index contributed by atoms with van der Waals surface area (Å²) >= 11 is 0. The molecule has 0 amide bonds. The number of halogens is 1. The quantitative estimate of drug-likeness (QED) is 0.880. The van der Waals surface area contributed by atoms with E-state index in [0.29, 0.717) is 11.3 Å². The number of anilines is 1. The lowest BCUT2D eigenvalue weighted by atomic mass is 10.2.